The zero-order chi connectivity index (χ0) is 16.2. The summed E-state index contributed by atoms with van der Waals surface area (Å²) in [6.45, 7) is 3.02. The van der Waals surface area contributed by atoms with Crippen molar-refractivity contribution in [3.05, 3.63) is 29.8 Å². The summed E-state index contributed by atoms with van der Waals surface area (Å²) >= 11 is 1.72. The van der Waals surface area contributed by atoms with E-state index in [2.05, 4.69) is 41.9 Å². The van der Waals surface area contributed by atoms with E-state index in [1.807, 2.05) is 14.0 Å². The monoisotopic (exact) mass is 318 g/mol. The first-order chi connectivity index (χ1) is 10.5. The van der Waals surface area contributed by atoms with Crippen molar-refractivity contribution >= 4 is 17.7 Å². The number of nitrogens with one attached hydrogen (secondary N) is 2. The van der Waals surface area contributed by atoms with E-state index in [4.69, 9.17) is 0 Å². The smallest absolute Gasteiger partial charge is 0.276 e. The van der Waals surface area contributed by atoms with Crippen LogP contribution >= 0.6 is 11.8 Å². The Balaban J connectivity index is 1.84. The second-order valence-corrected chi connectivity index (χ2v) is 7.17. The molecule has 0 heterocycles. The number of benzene rings is 1. The number of rotatable bonds is 7. The minimum Gasteiger partial charge on any atom is -0.333 e. The first-order valence-corrected chi connectivity index (χ1v) is 8.86. The standard InChI is InChI=1S/C17H23N3OS/c1-17(12-18,14-6-7-14)19-16(21)11-20(2)10-13-4-8-15(22-3)9-5-13/h4-5,8-9,14H,6-7,10-11H2,1-3H3,(H,19,21)/p+1/t17-/m0/s1. The van der Waals surface area contributed by atoms with Gasteiger partial charge in [0.2, 0.25) is 0 Å². The van der Waals surface area contributed by atoms with Gasteiger partial charge in [0.1, 0.15) is 12.1 Å². The summed E-state index contributed by atoms with van der Waals surface area (Å²) in [7, 11) is 2.00. The molecule has 0 radical (unpaired) electrons. The SMILES string of the molecule is CSc1ccc(C[NH+](C)CC(=O)N[C@@](C)(C#N)C2CC2)cc1. The van der Waals surface area contributed by atoms with Gasteiger partial charge in [0, 0.05) is 10.5 Å². The fraction of sp³-hybridized carbons (Fsp3) is 0.529. The van der Waals surface area contributed by atoms with Gasteiger partial charge in [-0.3, -0.25) is 4.79 Å². The largest absolute Gasteiger partial charge is 0.333 e. The van der Waals surface area contributed by atoms with E-state index < -0.39 is 5.54 Å². The van der Waals surface area contributed by atoms with Gasteiger partial charge >= 0.3 is 0 Å². The quantitative estimate of drug-likeness (QED) is 0.744. The number of nitriles is 1. The Morgan fingerprint density at radius 2 is 2.09 bits per heavy atom. The zero-order valence-corrected chi connectivity index (χ0v) is 14.3. The van der Waals surface area contributed by atoms with Gasteiger partial charge in [-0.2, -0.15) is 5.26 Å². The van der Waals surface area contributed by atoms with Gasteiger partial charge in [0.05, 0.1) is 13.1 Å². The number of quaternary nitrogens is 1. The molecule has 0 bridgehead atoms. The van der Waals surface area contributed by atoms with Crippen LogP contribution in [-0.2, 0) is 11.3 Å². The third kappa shape index (κ3) is 4.49. The van der Waals surface area contributed by atoms with Crippen LogP contribution < -0.4 is 10.2 Å². The molecule has 0 spiro atoms. The molecule has 1 fully saturated rings. The lowest BCUT2D eigenvalue weighted by Crippen LogP contribution is -3.09. The molecule has 1 unspecified atom stereocenters. The highest BCUT2D eigenvalue weighted by atomic mass is 32.2. The number of nitrogens with zero attached hydrogens (tertiary/aromatic N) is 1. The average Bonchev–Trinajstić information content (AvgIpc) is 3.32. The third-order valence-corrected chi connectivity index (χ3v) is 4.90. The van der Waals surface area contributed by atoms with E-state index in [1.165, 1.54) is 10.5 Å². The fourth-order valence-corrected chi connectivity index (χ4v) is 3.05. The molecule has 4 nitrogen and oxygen atoms in total. The van der Waals surface area contributed by atoms with Gasteiger partial charge in [0.15, 0.2) is 6.54 Å². The van der Waals surface area contributed by atoms with Crippen LogP contribution in [0.4, 0.5) is 0 Å². The molecule has 1 aromatic carbocycles. The predicted molar refractivity (Wildman–Crippen MR) is 88.6 cm³/mol. The molecule has 2 N–H and O–H groups in total. The summed E-state index contributed by atoms with van der Waals surface area (Å²) in [5.41, 5.74) is 0.519. The molecule has 2 rings (SSSR count). The Morgan fingerprint density at radius 1 is 1.45 bits per heavy atom. The van der Waals surface area contributed by atoms with E-state index in [-0.39, 0.29) is 5.91 Å². The van der Waals surface area contributed by atoms with Gasteiger partial charge in [0.25, 0.3) is 5.91 Å². The van der Waals surface area contributed by atoms with Crippen LogP contribution in [0.1, 0.15) is 25.3 Å². The van der Waals surface area contributed by atoms with Crippen LogP contribution in [0, 0.1) is 17.2 Å². The third-order valence-electron chi connectivity index (χ3n) is 4.15. The van der Waals surface area contributed by atoms with E-state index in [0.717, 1.165) is 24.3 Å². The Bertz CT molecular complexity index is 562. The highest BCUT2D eigenvalue weighted by Gasteiger charge is 2.43. The summed E-state index contributed by atoms with van der Waals surface area (Å²) in [6, 6.07) is 10.7. The van der Waals surface area contributed by atoms with Gasteiger partial charge < -0.3 is 10.2 Å². The van der Waals surface area contributed by atoms with Crippen molar-refractivity contribution in [1.29, 1.82) is 5.26 Å². The van der Waals surface area contributed by atoms with Crippen LogP contribution in [-0.4, -0.2) is 31.3 Å². The number of carbonyl (C=O) groups excluding carboxylic acids is 1. The van der Waals surface area contributed by atoms with Crippen LogP contribution in [0.15, 0.2) is 29.2 Å². The molecule has 5 heteroatoms. The van der Waals surface area contributed by atoms with E-state index in [9.17, 15) is 10.1 Å². The fourth-order valence-electron chi connectivity index (χ4n) is 2.64. The number of carbonyl (C=O) groups is 1. The number of hydrogen-bond acceptors (Lipinski definition) is 3. The van der Waals surface area contributed by atoms with Crippen LogP contribution in [0.5, 0.6) is 0 Å². The average molecular weight is 318 g/mol. The molecule has 0 saturated heterocycles. The maximum absolute atomic E-state index is 12.2. The molecule has 2 atom stereocenters. The lowest BCUT2D eigenvalue weighted by Gasteiger charge is -2.23. The Morgan fingerprint density at radius 3 is 2.59 bits per heavy atom. The second kappa shape index (κ2) is 7.17. The van der Waals surface area contributed by atoms with Crippen molar-refractivity contribution in [2.45, 2.75) is 36.7 Å². The lowest BCUT2D eigenvalue weighted by atomic mass is 9.98. The summed E-state index contributed by atoms with van der Waals surface area (Å²) in [4.78, 5) is 14.5. The van der Waals surface area contributed by atoms with Crippen LogP contribution in [0.2, 0.25) is 0 Å². The number of likely N-dealkylation sites (N-methyl/N-ethyl adjacent to an activating group) is 1. The molecule has 118 valence electrons. The van der Waals surface area contributed by atoms with E-state index >= 15 is 0 Å². The Hall–Kier alpha value is -1.51. The van der Waals surface area contributed by atoms with Crippen molar-refractivity contribution in [1.82, 2.24) is 5.32 Å². The van der Waals surface area contributed by atoms with Crippen LogP contribution in [0.3, 0.4) is 0 Å². The molecule has 0 aromatic heterocycles. The van der Waals surface area contributed by atoms with Gasteiger partial charge in [-0.1, -0.05) is 12.1 Å². The van der Waals surface area contributed by atoms with E-state index in [0.29, 0.717) is 12.5 Å². The normalized spacial score (nSPS) is 18.1. The number of hydrogen-bond donors (Lipinski definition) is 2. The Kier molecular flexibility index (Phi) is 5.49. The summed E-state index contributed by atoms with van der Waals surface area (Å²) in [5, 5.41) is 12.2. The van der Waals surface area contributed by atoms with Crippen LogP contribution in [0.25, 0.3) is 0 Å². The zero-order valence-electron chi connectivity index (χ0n) is 13.5. The molecular formula is C17H24N3OS+. The van der Waals surface area contributed by atoms with Gasteiger partial charge in [-0.25, -0.2) is 0 Å². The molecule has 1 aromatic rings. The van der Waals surface area contributed by atoms with Crippen molar-refractivity contribution in [2.75, 3.05) is 19.8 Å². The molecule has 22 heavy (non-hydrogen) atoms. The highest BCUT2D eigenvalue weighted by Crippen LogP contribution is 2.39. The maximum atomic E-state index is 12.2. The van der Waals surface area contributed by atoms with E-state index in [1.54, 1.807) is 11.8 Å². The topological polar surface area (TPSA) is 57.3 Å². The molecule has 1 saturated carbocycles. The lowest BCUT2D eigenvalue weighted by molar-refractivity contribution is -0.885. The van der Waals surface area contributed by atoms with Crippen molar-refractivity contribution in [2.24, 2.45) is 5.92 Å². The summed E-state index contributed by atoms with van der Waals surface area (Å²) < 4.78 is 0. The van der Waals surface area contributed by atoms with Crippen molar-refractivity contribution in [3.8, 4) is 6.07 Å². The minimum atomic E-state index is -0.697. The molecule has 1 amide bonds. The van der Waals surface area contributed by atoms with Gasteiger partial charge in [-0.15, -0.1) is 11.8 Å². The van der Waals surface area contributed by atoms with Crippen molar-refractivity contribution < 1.29 is 9.69 Å². The summed E-state index contributed by atoms with van der Waals surface area (Å²) in [6.07, 6.45) is 4.13. The first-order valence-electron chi connectivity index (χ1n) is 7.63. The first kappa shape index (κ1) is 16.9. The van der Waals surface area contributed by atoms with Gasteiger partial charge in [-0.05, 0) is 44.1 Å². The molecular weight excluding hydrogens is 294 g/mol. The summed E-state index contributed by atoms with van der Waals surface area (Å²) in [5.74, 6) is 0.273. The number of thioether (sulfide) groups is 1. The number of amides is 1. The minimum absolute atomic E-state index is 0.0471. The predicted octanol–water partition coefficient (Wildman–Crippen LogP) is 1.23. The Labute approximate surface area is 136 Å². The molecule has 1 aliphatic rings. The molecule has 1 aliphatic carbocycles. The second-order valence-electron chi connectivity index (χ2n) is 6.30. The molecule has 0 aliphatic heterocycles. The highest BCUT2D eigenvalue weighted by molar-refractivity contribution is 7.98. The maximum Gasteiger partial charge on any atom is 0.276 e. The van der Waals surface area contributed by atoms with Crippen molar-refractivity contribution in [3.63, 3.8) is 0 Å².